The van der Waals surface area contributed by atoms with Gasteiger partial charge in [-0.1, -0.05) is 19.1 Å². The zero-order valence-electron chi connectivity index (χ0n) is 11.4. The molecule has 1 aliphatic rings. The number of Topliss-reactive ketones (excluding diaryl/α,β-unsaturated/α-hetero) is 1. The van der Waals surface area contributed by atoms with Gasteiger partial charge in [0.1, 0.15) is 5.82 Å². The smallest absolute Gasteiger partial charge is 0.290 e. The molecule has 1 N–H and O–H groups in total. The number of halogens is 1. The molecule has 0 saturated heterocycles. The monoisotopic (exact) mass is 277 g/mol. The number of nitrogens with zero attached hydrogens (tertiary/aromatic N) is 1. The van der Waals surface area contributed by atoms with Crippen molar-refractivity contribution in [3.05, 3.63) is 47.0 Å². The maximum Gasteiger partial charge on any atom is 0.290 e. The summed E-state index contributed by atoms with van der Waals surface area (Å²) in [6.07, 6.45) is 0.696. The lowest BCUT2D eigenvalue weighted by Crippen LogP contribution is -2.31. The third-order valence-corrected chi connectivity index (χ3v) is 3.33. The number of carbonyl (C=O) groups is 2. The summed E-state index contributed by atoms with van der Waals surface area (Å²) in [5.74, 6) is -1.80. The van der Waals surface area contributed by atoms with Crippen LogP contribution in [0.15, 0.2) is 35.6 Å². The lowest BCUT2D eigenvalue weighted by molar-refractivity contribution is -0.129. The van der Waals surface area contributed by atoms with E-state index in [9.17, 15) is 19.1 Å². The average molecular weight is 277 g/mol. The van der Waals surface area contributed by atoms with Gasteiger partial charge in [0.05, 0.1) is 11.6 Å². The molecule has 0 fully saturated rings. The largest absolute Gasteiger partial charge is 0.503 e. The minimum Gasteiger partial charge on any atom is -0.503 e. The van der Waals surface area contributed by atoms with Crippen LogP contribution >= 0.6 is 0 Å². The predicted molar refractivity (Wildman–Crippen MR) is 71.5 cm³/mol. The molecule has 0 radical (unpaired) electrons. The molecule has 0 aliphatic carbocycles. The molecule has 0 spiro atoms. The van der Waals surface area contributed by atoms with E-state index in [2.05, 4.69) is 0 Å². The van der Waals surface area contributed by atoms with E-state index < -0.39 is 23.5 Å². The standard InChI is InChI=1S/C15H16FNO3/c1-3-8-17-13(10-4-6-11(16)7-5-10)12(9(2)18)14(19)15(17)20/h4-7,13,19H,3,8H2,1-2H3/t13-/m1/s1. The maximum atomic E-state index is 13.0. The lowest BCUT2D eigenvalue weighted by atomic mass is 9.96. The van der Waals surface area contributed by atoms with Crippen LogP contribution in [0.2, 0.25) is 0 Å². The van der Waals surface area contributed by atoms with E-state index in [-0.39, 0.29) is 11.4 Å². The molecular formula is C15H16FNO3. The maximum absolute atomic E-state index is 13.0. The van der Waals surface area contributed by atoms with Crippen molar-refractivity contribution < 1.29 is 19.1 Å². The topological polar surface area (TPSA) is 57.6 Å². The zero-order valence-corrected chi connectivity index (χ0v) is 11.4. The Bertz CT molecular complexity index is 577. The molecule has 0 unspecified atom stereocenters. The molecule has 2 rings (SSSR count). The molecule has 0 saturated carbocycles. The van der Waals surface area contributed by atoms with Gasteiger partial charge in [-0.25, -0.2) is 4.39 Å². The van der Waals surface area contributed by atoms with Gasteiger partial charge in [-0.2, -0.15) is 0 Å². The first kappa shape index (κ1) is 14.2. The van der Waals surface area contributed by atoms with Gasteiger partial charge in [0, 0.05) is 6.54 Å². The first-order valence-electron chi connectivity index (χ1n) is 6.47. The minimum atomic E-state index is -0.638. The van der Waals surface area contributed by atoms with E-state index in [1.54, 1.807) is 0 Å². The number of aliphatic hydroxyl groups excluding tert-OH is 1. The first-order valence-corrected chi connectivity index (χ1v) is 6.47. The van der Waals surface area contributed by atoms with Crippen molar-refractivity contribution in [1.82, 2.24) is 4.90 Å². The van der Waals surface area contributed by atoms with Crippen LogP contribution in [0.25, 0.3) is 0 Å². The quantitative estimate of drug-likeness (QED) is 0.920. The molecule has 5 heteroatoms. The van der Waals surface area contributed by atoms with Gasteiger partial charge in [-0.15, -0.1) is 0 Å². The molecule has 1 atom stereocenters. The van der Waals surface area contributed by atoms with Crippen LogP contribution in [0.3, 0.4) is 0 Å². The third kappa shape index (κ3) is 2.31. The number of hydrogen-bond donors (Lipinski definition) is 1. The highest BCUT2D eigenvalue weighted by molar-refractivity contribution is 6.08. The fourth-order valence-corrected chi connectivity index (χ4v) is 2.48. The summed E-state index contributed by atoms with van der Waals surface area (Å²) in [6.45, 7) is 3.63. The number of benzene rings is 1. The molecule has 4 nitrogen and oxygen atoms in total. The van der Waals surface area contributed by atoms with Gasteiger partial charge in [0.2, 0.25) is 0 Å². The van der Waals surface area contributed by atoms with Gasteiger partial charge < -0.3 is 10.0 Å². The van der Waals surface area contributed by atoms with Gasteiger partial charge in [0.25, 0.3) is 5.91 Å². The number of amides is 1. The highest BCUT2D eigenvalue weighted by Crippen LogP contribution is 2.37. The third-order valence-electron chi connectivity index (χ3n) is 3.33. The summed E-state index contributed by atoms with van der Waals surface area (Å²) >= 11 is 0. The minimum absolute atomic E-state index is 0.0788. The summed E-state index contributed by atoms with van der Waals surface area (Å²) in [5.41, 5.74) is 0.692. The lowest BCUT2D eigenvalue weighted by Gasteiger charge is -2.26. The fraction of sp³-hybridized carbons (Fsp3) is 0.333. The SMILES string of the molecule is CCCN1C(=O)C(O)=C(C(C)=O)[C@H]1c1ccc(F)cc1. The van der Waals surface area contributed by atoms with Gasteiger partial charge in [-0.05, 0) is 31.0 Å². The Morgan fingerprint density at radius 1 is 1.35 bits per heavy atom. The van der Waals surface area contributed by atoms with E-state index in [1.807, 2.05) is 6.92 Å². The number of rotatable bonds is 4. The van der Waals surface area contributed by atoms with E-state index in [4.69, 9.17) is 0 Å². The molecule has 1 aromatic carbocycles. The Morgan fingerprint density at radius 2 is 1.95 bits per heavy atom. The Hall–Kier alpha value is -2.17. The van der Waals surface area contributed by atoms with E-state index in [0.717, 1.165) is 0 Å². The molecule has 20 heavy (non-hydrogen) atoms. The second-order valence-electron chi connectivity index (χ2n) is 4.77. The summed E-state index contributed by atoms with van der Waals surface area (Å²) in [7, 11) is 0. The Kier molecular flexibility index (Phi) is 3.88. The Balaban J connectivity index is 2.51. The fourth-order valence-electron chi connectivity index (χ4n) is 2.48. The average Bonchev–Trinajstić information content (AvgIpc) is 2.65. The van der Waals surface area contributed by atoms with Crippen LogP contribution in [0.5, 0.6) is 0 Å². The van der Waals surface area contributed by atoms with E-state index >= 15 is 0 Å². The van der Waals surface area contributed by atoms with Crippen molar-refractivity contribution in [3.63, 3.8) is 0 Å². The molecule has 0 aromatic heterocycles. The van der Waals surface area contributed by atoms with Crippen LogP contribution in [-0.4, -0.2) is 28.2 Å². The van der Waals surface area contributed by atoms with Gasteiger partial charge >= 0.3 is 0 Å². The van der Waals surface area contributed by atoms with Crippen molar-refractivity contribution in [3.8, 4) is 0 Å². The summed E-state index contributed by atoms with van der Waals surface area (Å²) < 4.78 is 13.0. The highest BCUT2D eigenvalue weighted by Gasteiger charge is 2.41. The molecule has 1 heterocycles. The Labute approximate surface area is 116 Å². The number of aliphatic hydroxyl groups is 1. The second kappa shape index (κ2) is 5.45. The van der Waals surface area contributed by atoms with Crippen molar-refractivity contribution >= 4 is 11.7 Å². The number of carbonyl (C=O) groups excluding carboxylic acids is 2. The van der Waals surface area contributed by atoms with Crippen LogP contribution in [-0.2, 0) is 9.59 Å². The zero-order chi connectivity index (χ0) is 14.9. The first-order chi connectivity index (χ1) is 9.47. The summed E-state index contributed by atoms with van der Waals surface area (Å²) in [4.78, 5) is 25.2. The van der Waals surface area contributed by atoms with Gasteiger partial charge in [-0.3, -0.25) is 9.59 Å². The molecular weight excluding hydrogens is 261 g/mol. The van der Waals surface area contributed by atoms with E-state index in [0.29, 0.717) is 18.5 Å². The molecule has 1 amide bonds. The molecule has 0 bridgehead atoms. The highest BCUT2D eigenvalue weighted by atomic mass is 19.1. The van der Waals surface area contributed by atoms with Crippen LogP contribution in [0.1, 0.15) is 31.9 Å². The van der Waals surface area contributed by atoms with Crippen LogP contribution < -0.4 is 0 Å². The van der Waals surface area contributed by atoms with E-state index in [1.165, 1.54) is 36.1 Å². The summed E-state index contributed by atoms with van der Waals surface area (Å²) in [5, 5.41) is 9.90. The molecule has 1 aromatic rings. The van der Waals surface area contributed by atoms with Crippen molar-refractivity contribution in [1.29, 1.82) is 0 Å². The Morgan fingerprint density at radius 3 is 2.45 bits per heavy atom. The summed E-state index contributed by atoms with van der Waals surface area (Å²) in [6, 6.07) is 4.96. The van der Waals surface area contributed by atoms with Crippen molar-refractivity contribution in [2.75, 3.05) is 6.54 Å². The number of hydrogen-bond acceptors (Lipinski definition) is 3. The number of ketones is 1. The molecule has 106 valence electrons. The molecule has 1 aliphatic heterocycles. The predicted octanol–water partition coefficient (Wildman–Crippen LogP) is 2.52. The normalized spacial score (nSPS) is 18.9. The van der Waals surface area contributed by atoms with Crippen LogP contribution in [0, 0.1) is 5.82 Å². The van der Waals surface area contributed by atoms with Gasteiger partial charge in [0.15, 0.2) is 11.5 Å². The second-order valence-corrected chi connectivity index (χ2v) is 4.77. The van der Waals surface area contributed by atoms with Crippen molar-refractivity contribution in [2.24, 2.45) is 0 Å². The van der Waals surface area contributed by atoms with Crippen LogP contribution in [0.4, 0.5) is 4.39 Å². The van der Waals surface area contributed by atoms with Crippen molar-refractivity contribution in [2.45, 2.75) is 26.3 Å².